The van der Waals surface area contributed by atoms with Gasteiger partial charge in [0, 0.05) is 6.07 Å². The molecule has 0 N–H and O–H groups in total. The molecule has 4 heteroatoms. The molecule has 1 rings (SSSR count). The molecule has 0 aliphatic heterocycles. The quantitative estimate of drug-likeness (QED) is 0.740. The van der Waals surface area contributed by atoms with Crippen molar-refractivity contribution in [3.05, 3.63) is 29.6 Å². The van der Waals surface area contributed by atoms with Crippen LogP contribution in [-0.4, -0.2) is 18.7 Å². The van der Waals surface area contributed by atoms with Crippen LogP contribution in [0.5, 0.6) is 5.75 Å². The molecule has 0 aliphatic rings. The van der Waals surface area contributed by atoms with Gasteiger partial charge in [-0.1, -0.05) is 0 Å². The Hall–Kier alpha value is -1.58. The lowest BCUT2D eigenvalue weighted by molar-refractivity contribution is 0.0521. The van der Waals surface area contributed by atoms with Gasteiger partial charge < -0.3 is 9.47 Å². The molecule has 1 aromatic rings. The van der Waals surface area contributed by atoms with Crippen LogP contribution in [0.25, 0.3) is 0 Å². The first kappa shape index (κ1) is 12.5. The lowest BCUT2D eigenvalue weighted by Crippen LogP contribution is -2.09. The van der Waals surface area contributed by atoms with Gasteiger partial charge in [0.15, 0.2) is 0 Å². The summed E-state index contributed by atoms with van der Waals surface area (Å²) in [6, 6.07) is 4.10. The van der Waals surface area contributed by atoms with Gasteiger partial charge in [-0.15, -0.1) is 0 Å². The number of halogens is 1. The van der Waals surface area contributed by atoms with Crippen LogP contribution < -0.4 is 4.74 Å². The predicted molar refractivity (Wildman–Crippen MR) is 58.1 cm³/mol. The van der Waals surface area contributed by atoms with E-state index in [-0.39, 0.29) is 18.3 Å². The summed E-state index contributed by atoms with van der Waals surface area (Å²) in [7, 11) is 0. The van der Waals surface area contributed by atoms with Crippen molar-refractivity contribution in [2.75, 3.05) is 6.61 Å². The third-order valence-corrected chi connectivity index (χ3v) is 1.81. The lowest BCUT2D eigenvalue weighted by atomic mass is 10.2. The Balaban J connectivity index is 2.87. The van der Waals surface area contributed by atoms with Crippen LogP contribution in [0, 0.1) is 5.82 Å². The summed E-state index contributed by atoms with van der Waals surface area (Å²) in [6.07, 6.45) is -0.0344. The van der Waals surface area contributed by atoms with E-state index in [2.05, 4.69) is 0 Å². The molecule has 0 aromatic heterocycles. The molecular weight excluding hydrogens is 211 g/mol. The molecule has 3 nitrogen and oxygen atoms in total. The molecule has 0 saturated heterocycles. The lowest BCUT2D eigenvalue weighted by Gasteiger charge is -2.10. The Morgan fingerprint density at radius 3 is 2.62 bits per heavy atom. The Morgan fingerprint density at radius 2 is 2.12 bits per heavy atom. The molecule has 16 heavy (non-hydrogen) atoms. The van der Waals surface area contributed by atoms with Crippen LogP contribution in [0.4, 0.5) is 4.39 Å². The van der Waals surface area contributed by atoms with E-state index in [9.17, 15) is 9.18 Å². The van der Waals surface area contributed by atoms with E-state index in [1.165, 1.54) is 12.1 Å². The first-order chi connectivity index (χ1) is 7.54. The van der Waals surface area contributed by atoms with Crippen molar-refractivity contribution in [1.29, 1.82) is 0 Å². The van der Waals surface area contributed by atoms with Crippen LogP contribution in [0.3, 0.4) is 0 Å². The zero-order valence-corrected chi connectivity index (χ0v) is 9.62. The highest BCUT2D eigenvalue weighted by atomic mass is 19.1. The van der Waals surface area contributed by atoms with E-state index >= 15 is 0 Å². The highest BCUT2D eigenvalue weighted by Crippen LogP contribution is 2.18. The van der Waals surface area contributed by atoms with Crippen molar-refractivity contribution in [1.82, 2.24) is 0 Å². The summed E-state index contributed by atoms with van der Waals surface area (Å²) >= 11 is 0. The van der Waals surface area contributed by atoms with E-state index in [4.69, 9.17) is 9.47 Å². The maximum absolute atomic E-state index is 13.5. The zero-order chi connectivity index (χ0) is 12.1. The van der Waals surface area contributed by atoms with Gasteiger partial charge in [-0.3, -0.25) is 0 Å². The molecule has 0 spiro atoms. The van der Waals surface area contributed by atoms with E-state index in [1.54, 1.807) is 13.0 Å². The average molecular weight is 226 g/mol. The van der Waals surface area contributed by atoms with Gasteiger partial charge in [-0.25, -0.2) is 9.18 Å². The van der Waals surface area contributed by atoms with E-state index in [1.807, 2.05) is 13.8 Å². The summed E-state index contributed by atoms with van der Waals surface area (Å²) in [5, 5.41) is 0. The first-order valence-corrected chi connectivity index (χ1v) is 5.18. The summed E-state index contributed by atoms with van der Waals surface area (Å²) in [6.45, 7) is 5.59. The zero-order valence-electron chi connectivity index (χ0n) is 9.62. The number of hydrogen-bond donors (Lipinski definition) is 0. The third-order valence-electron chi connectivity index (χ3n) is 1.81. The largest absolute Gasteiger partial charge is 0.491 e. The van der Waals surface area contributed by atoms with E-state index in [0.29, 0.717) is 5.75 Å². The van der Waals surface area contributed by atoms with Gasteiger partial charge in [0.05, 0.1) is 18.3 Å². The molecule has 88 valence electrons. The maximum atomic E-state index is 13.5. The van der Waals surface area contributed by atoms with Crippen molar-refractivity contribution < 1.29 is 18.7 Å². The Bertz CT molecular complexity index is 375. The normalized spacial score (nSPS) is 10.3. The van der Waals surface area contributed by atoms with Crippen LogP contribution in [0.1, 0.15) is 31.1 Å². The van der Waals surface area contributed by atoms with E-state index < -0.39 is 11.8 Å². The average Bonchev–Trinajstić information content (AvgIpc) is 2.16. The predicted octanol–water partition coefficient (Wildman–Crippen LogP) is 2.79. The molecule has 0 atom stereocenters. The number of carbonyl (C=O) groups is 1. The molecule has 0 bridgehead atoms. The number of benzene rings is 1. The fraction of sp³-hybridized carbons (Fsp3) is 0.417. The number of carbonyl (C=O) groups excluding carboxylic acids is 1. The van der Waals surface area contributed by atoms with Crippen molar-refractivity contribution >= 4 is 5.97 Å². The number of ether oxygens (including phenoxy) is 2. The number of esters is 1. The minimum absolute atomic E-state index is 0.0344. The fourth-order valence-corrected chi connectivity index (χ4v) is 1.22. The van der Waals surface area contributed by atoms with Crippen LogP contribution in [0.15, 0.2) is 18.2 Å². The molecular formula is C12H15FO3. The van der Waals surface area contributed by atoms with Gasteiger partial charge in [0.2, 0.25) is 0 Å². The molecule has 0 radical (unpaired) electrons. The molecule has 1 aromatic carbocycles. The van der Waals surface area contributed by atoms with Crippen molar-refractivity contribution in [3.8, 4) is 5.75 Å². The molecule has 0 saturated carbocycles. The third kappa shape index (κ3) is 3.22. The summed E-state index contributed by atoms with van der Waals surface area (Å²) in [4.78, 5) is 11.3. The Kier molecular flexibility index (Phi) is 4.28. The molecule has 0 unspecified atom stereocenters. The van der Waals surface area contributed by atoms with Crippen LogP contribution in [0.2, 0.25) is 0 Å². The van der Waals surface area contributed by atoms with Gasteiger partial charge >= 0.3 is 5.97 Å². The molecule has 0 aliphatic carbocycles. The molecule has 0 heterocycles. The Morgan fingerprint density at radius 1 is 1.44 bits per heavy atom. The standard InChI is InChI=1S/C12H15FO3/c1-4-15-12(14)10-6-5-9(7-11(10)13)16-8(2)3/h5-8H,4H2,1-3H3. The topological polar surface area (TPSA) is 35.5 Å². The fourth-order valence-electron chi connectivity index (χ4n) is 1.22. The molecule has 0 fully saturated rings. The highest BCUT2D eigenvalue weighted by molar-refractivity contribution is 5.89. The number of rotatable bonds is 4. The van der Waals surface area contributed by atoms with Crippen LogP contribution in [-0.2, 0) is 4.74 Å². The second kappa shape index (κ2) is 5.49. The minimum atomic E-state index is -0.656. The second-order valence-electron chi connectivity index (χ2n) is 3.53. The first-order valence-electron chi connectivity index (χ1n) is 5.18. The second-order valence-corrected chi connectivity index (χ2v) is 3.53. The Labute approximate surface area is 94.2 Å². The van der Waals surface area contributed by atoms with Crippen molar-refractivity contribution in [3.63, 3.8) is 0 Å². The van der Waals surface area contributed by atoms with Crippen molar-refractivity contribution in [2.45, 2.75) is 26.9 Å². The van der Waals surface area contributed by atoms with Gasteiger partial charge in [0.25, 0.3) is 0 Å². The highest BCUT2D eigenvalue weighted by Gasteiger charge is 2.13. The monoisotopic (exact) mass is 226 g/mol. The smallest absolute Gasteiger partial charge is 0.341 e. The molecule has 0 amide bonds. The number of hydrogen-bond acceptors (Lipinski definition) is 3. The maximum Gasteiger partial charge on any atom is 0.341 e. The van der Waals surface area contributed by atoms with Gasteiger partial charge in [-0.2, -0.15) is 0 Å². The summed E-state index contributed by atoms with van der Waals surface area (Å²) in [5.41, 5.74) is -0.0713. The van der Waals surface area contributed by atoms with E-state index in [0.717, 1.165) is 0 Å². The van der Waals surface area contributed by atoms with Gasteiger partial charge in [0.1, 0.15) is 11.6 Å². The summed E-state index contributed by atoms with van der Waals surface area (Å²) in [5.74, 6) is -0.881. The summed E-state index contributed by atoms with van der Waals surface area (Å²) < 4.78 is 23.5. The van der Waals surface area contributed by atoms with Crippen LogP contribution >= 0.6 is 0 Å². The van der Waals surface area contributed by atoms with Crippen molar-refractivity contribution in [2.24, 2.45) is 0 Å². The van der Waals surface area contributed by atoms with Gasteiger partial charge in [-0.05, 0) is 32.9 Å². The SMILES string of the molecule is CCOC(=O)c1ccc(OC(C)C)cc1F. The minimum Gasteiger partial charge on any atom is -0.491 e.